The molecule has 0 spiro atoms. The van der Waals surface area contributed by atoms with Crippen molar-refractivity contribution in [1.82, 2.24) is 0 Å². The summed E-state index contributed by atoms with van der Waals surface area (Å²) in [5.74, 6) is -1.21. The molecule has 100 valence electrons. The second-order valence-electron chi connectivity index (χ2n) is 5.23. The summed E-state index contributed by atoms with van der Waals surface area (Å²) in [5, 5.41) is 37.2. The molecule has 1 saturated heterocycles. The van der Waals surface area contributed by atoms with Crippen molar-refractivity contribution in [2.24, 2.45) is 5.41 Å². The summed E-state index contributed by atoms with van der Waals surface area (Å²) in [6.45, 7) is 5.23. The van der Waals surface area contributed by atoms with Crippen molar-refractivity contribution in [3.05, 3.63) is 0 Å². The fraction of sp³-hybridized carbons (Fsp3) is 0.900. The smallest absolute Gasteiger partial charge is 0.373 e. The van der Waals surface area contributed by atoms with E-state index in [9.17, 15) is 20.1 Å². The van der Waals surface area contributed by atoms with Gasteiger partial charge in [0.15, 0.2) is 6.10 Å². The number of hydrogen-bond donors (Lipinski definition) is 4. The molecule has 1 heterocycles. The third kappa shape index (κ3) is 2.75. The van der Waals surface area contributed by atoms with E-state index in [2.05, 4.69) is 4.89 Å². The molecule has 0 aliphatic carbocycles. The zero-order valence-electron chi connectivity index (χ0n) is 9.90. The Hall–Kier alpha value is -0.730. The highest BCUT2D eigenvalue weighted by Gasteiger charge is 2.50. The number of ether oxygens (including phenoxy) is 1. The standard InChI is InChI=1S/C10H18O7/c1-10(2,3)8-6(13)4(11)5(12)7(16-8)9(14)17-15/h4-8,11-13,15H,1-3H3. The van der Waals surface area contributed by atoms with E-state index >= 15 is 0 Å². The van der Waals surface area contributed by atoms with Crippen LogP contribution in [0.15, 0.2) is 0 Å². The van der Waals surface area contributed by atoms with E-state index in [1.165, 1.54) is 0 Å². The van der Waals surface area contributed by atoms with Crippen LogP contribution in [0.25, 0.3) is 0 Å². The van der Waals surface area contributed by atoms with Crippen LogP contribution in [0.2, 0.25) is 0 Å². The Morgan fingerprint density at radius 1 is 1.12 bits per heavy atom. The van der Waals surface area contributed by atoms with Gasteiger partial charge in [-0.3, -0.25) is 4.89 Å². The summed E-state index contributed by atoms with van der Waals surface area (Å²) in [6.07, 6.45) is -6.92. The fourth-order valence-corrected chi connectivity index (χ4v) is 1.84. The number of carbonyl (C=O) groups is 1. The SMILES string of the molecule is CC(C)(C)C1OC(C(=O)OO)C(O)C(O)C1O. The molecule has 4 N–H and O–H groups in total. The maximum absolute atomic E-state index is 11.2. The van der Waals surface area contributed by atoms with Gasteiger partial charge in [0.05, 0.1) is 6.10 Å². The fourth-order valence-electron chi connectivity index (χ4n) is 1.84. The predicted octanol–water partition coefficient (Wildman–Crippen LogP) is -1.10. The maximum atomic E-state index is 11.2. The Kier molecular flexibility index (Phi) is 4.11. The first-order chi connectivity index (χ1) is 7.70. The summed E-state index contributed by atoms with van der Waals surface area (Å²) < 4.78 is 5.20. The van der Waals surface area contributed by atoms with E-state index in [-0.39, 0.29) is 0 Å². The predicted molar refractivity (Wildman–Crippen MR) is 54.9 cm³/mol. The molecule has 5 atom stereocenters. The molecule has 7 nitrogen and oxygen atoms in total. The lowest BCUT2D eigenvalue weighted by atomic mass is 9.80. The highest BCUT2D eigenvalue weighted by atomic mass is 17.1. The zero-order chi connectivity index (χ0) is 13.4. The number of hydrogen-bond acceptors (Lipinski definition) is 7. The van der Waals surface area contributed by atoms with Crippen LogP contribution in [0.3, 0.4) is 0 Å². The second kappa shape index (κ2) is 4.87. The molecule has 0 saturated carbocycles. The third-order valence-corrected chi connectivity index (χ3v) is 2.79. The van der Waals surface area contributed by atoms with Gasteiger partial charge in [0.2, 0.25) is 0 Å². The van der Waals surface area contributed by atoms with Gasteiger partial charge in [-0.25, -0.2) is 4.79 Å². The minimum Gasteiger partial charge on any atom is -0.388 e. The normalized spacial score (nSPS) is 38.9. The van der Waals surface area contributed by atoms with Crippen molar-refractivity contribution in [2.75, 3.05) is 0 Å². The van der Waals surface area contributed by atoms with Gasteiger partial charge in [0.1, 0.15) is 18.3 Å². The second-order valence-corrected chi connectivity index (χ2v) is 5.23. The number of aliphatic hydroxyl groups excluding tert-OH is 3. The molecule has 1 fully saturated rings. The Morgan fingerprint density at radius 3 is 2.06 bits per heavy atom. The van der Waals surface area contributed by atoms with Gasteiger partial charge in [-0.15, -0.1) is 0 Å². The summed E-state index contributed by atoms with van der Waals surface area (Å²) in [7, 11) is 0. The molecular weight excluding hydrogens is 232 g/mol. The molecule has 7 heteroatoms. The monoisotopic (exact) mass is 250 g/mol. The van der Waals surface area contributed by atoms with Gasteiger partial charge in [0.25, 0.3) is 0 Å². The van der Waals surface area contributed by atoms with E-state index in [4.69, 9.17) is 9.99 Å². The molecule has 1 aliphatic heterocycles. The average molecular weight is 250 g/mol. The lowest BCUT2D eigenvalue weighted by Crippen LogP contribution is -2.62. The minimum absolute atomic E-state index is 0.561. The summed E-state index contributed by atoms with van der Waals surface area (Å²) in [5.41, 5.74) is -0.561. The average Bonchev–Trinajstić information content (AvgIpc) is 2.23. The number of aliphatic hydroxyl groups is 3. The number of carbonyl (C=O) groups excluding carboxylic acids is 1. The van der Waals surface area contributed by atoms with Crippen molar-refractivity contribution in [2.45, 2.75) is 51.3 Å². The maximum Gasteiger partial charge on any atom is 0.373 e. The highest BCUT2D eigenvalue weighted by Crippen LogP contribution is 2.33. The van der Waals surface area contributed by atoms with Crippen LogP contribution in [0.1, 0.15) is 20.8 Å². The Balaban J connectivity index is 2.94. The molecule has 5 unspecified atom stereocenters. The van der Waals surface area contributed by atoms with Crippen molar-refractivity contribution in [3.63, 3.8) is 0 Å². The van der Waals surface area contributed by atoms with Crippen LogP contribution in [0, 0.1) is 5.41 Å². The number of rotatable bonds is 1. The largest absolute Gasteiger partial charge is 0.388 e. The first kappa shape index (κ1) is 14.3. The van der Waals surface area contributed by atoms with Crippen LogP contribution < -0.4 is 0 Å². The van der Waals surface area contributed by atoms with Crippen molar-refractivity contribution in [1.29, 1.82) is 0 Å². The van der Waals surface area contributed by atoms with E-state index in [1.54, 1.807) is 20.8 Å². The van der Waals surface area contributed by atoms with Gasteiger partial charge >= 0.3 is 5.97 Å². The molecule has 0 aromatic carbocycles. The van der Waals surface area contributed by atoms with Crippen LogP contribution in [-0.4, -0.2) is 57.1 Å². The molecule has 1 aliphatic rings. The first-order valence-electron chi connectivity index (χ1n) is 5.25. The van der Waals surface area contributed by atoms with Crippen LogP contribution in [-0.2, 0) is 14.4 Å². The van der Waals surface area contributed by atoms with Gasteiger partial charge in [-0.2, -0.15) is 5.26 Å². The molecule has 0 aromatic heterocycles. The van der Waals surface area contributed by atoms with E-state index in [0.29, 0.717) is 0 Å². The molecule has 17 heavy (non-hydrogen) atoms. The molecule has 0 amide bonds. The zero-order valence-corrected chi connectivity index (χ0v) is 9.90. The molecule has 0 bridgehead atoms. The lowest BCUT2D eigenvalue weighted by Gasteiger charge is -2.44. The molecule has 1 rings (SSSR count). The molecule has 0 aromatic rings. The summed E-state index contributed by atoms with van der Waals surface area (Å²) >= 11 is 0. The van der Waals surface area contributed by atoms with E-state index < -0.39 is 41.9 Å². The quantitative estimate of drug-likeness (QED) is 0.344. The van der Waals surface area contributed by atoms with Crippen LogP contribution in [0.5, 0.6) is 0 Å². The van der Waals surface area contributed by atoms with Gasteiger partial charge < -0.3 is 20.1 Å². The third-order valence-electron chi connectivity index (χ3n) is 2.79. The lowest BCUT2D eigenvalue weighted by molar-refractivity contribution is -0.280. The topological polar surface area (TPSA) is 116 Å². The Labute approximate surface area is 98.5 Å². The molecule has 0 radical (unpaired) electrons. The minimum atomic E-state index is -1.65. The van der Waals surface area contributed by atoms with Gasteiger partial charge in [-0.05, 0) is 5.41 Å². The van der Waals surface area contributed by atoms with Crippen LogP contribution in [0.4, 0.5) is 0 Å². The van der Waals surface area contributed by atoms with Crippen molar-refractivity contribution >= 4 is 5.97 Å². The van der Waals surface area contributed by atoms with Crippen molar-refractivity contribution in [3.8, 4) is 0 Å². The summed E-state index contributed by atoms with van der Waals surface area (Å²) in [4.78, 5) is 14.6. The van der Waals surface area contributed by atoms with Crippen molar-refractivity contribution < 1.29 is 35.0 Å². The summed E-state index contributed by atoms with van der Waals surface area (Å²) in [6, 6.07) is 0. The Morgan fingerprint density at radius 2 is 1.65 bits per heavy atom. The van der Waals surface area contributed by atoms with Gasteiger partial charge in [-0.1, -0.05) is 20.8 Å². The van der Waals surface area contributed by atoms with E-state index in [1.807, 2.05) is 0 Å². The van der Waals surface area contributed by atoms with E-state index in [0.717, 1.165) is 0 Å². The van der Waals surface area contributed by atoms with Gasteiger partial charge in [0, 0.05) is 0 Å². The highest BCUT2D eigenvalue weighted by molar-refractivity contribution is 5.75. The molecular formula is C10H18O7. The van der Waals surface area contributed by atoms with Crippen LogP contribution >= 0.6 is 0 Å². The Bertz CT molecular complexity index is 285. The first-order valence-corrected chi connectivity index (χ1v) is 5.25.